The van der Waals surface area contributed by atoms with Crippen molar-refractivity contribution in [2.75, 3.05) is 32.7 Å². The third-order valence-electron chi connectivity index (χ3n) is 5.39. The van der Waals surface area contributed by atoms with E-state index in [-0.39, 0.29) is 36.3 Å². The standard InChI is InChI=1S/C18H35N3O.2ClH/c1-14-9-15(2)12-21(11-14)18(3,4)13-20-17(22)6-5-16-7-8-19-10-16;;/h14-16,19H,5-13H2,1-4H3,(H,20,22);2*1H. The van der Waals surface area contributed by atoms with E-state index in [9.17, 15) is 4.79 Å². The van der Waals surface area contributed by atoms with Crippen LogP contribution in [0.5, 0.6) is 0 Å². The number of halogens is 2. The van der Waals surface area contributed by atoms with E-state index < -0.39 is 0 Å². The van der Waals surface area contributed by atoms with Gasteiger partial charge in [0.25, 0.3) is 0 Å². The largest absolute Gasteiger partial charge is 0.354 e. The highest BCUT2D eigenvalue weighted by Gasteiger charge is 2.32. The van der Waals surface area contributed by atoms with Gasteiger partial charge < -0.3 is 10.6 Å². The van der Waals surface area contributed by atoms with Crippen molar-refractivity contribution in [3.05, 3.63) is 0 Å². The van der Waals surface area contributed by atoms with Gasteiger partial charge in [0.2, 0.25) is 5.91 Å². The van der Waals surface area contributed by atoms with E-state index in [2.05, 4.69) is 43.2 Å². The molecule has 2 aliphatic heterocycles. The van der Waals surface area contributed by atoms with E-state index in [1.54, 1.807) is 0 Å². The summed E-state index contributed by atoms with van der Waals surface area (Å²) in [6.45, 7) is 14.5. The van der Waals surface area contributed by atoms with E-state index in [1.165, 1.54) is 12.8 Å². The van der Waals surface area contributed by atoms with Gasteiger partial charge in [0.05, 0.1) is 0 Å². The Bertz CT molecular complexity index is 363. The molecule has 1 amide bonds. The molecule has 0 aromatic carbocycles. The van der Waals surface area contributed by atoms with Crippen molar-refractivity contribution in [1.82, 2.24) is 15.5 Å². The predicted molar refractivity (Wildman–Crippen MR) is 106 cm³/mol. The molecule has 24 heavy (non-hydrogen) atoms. The zero-order chi connectivity index (χ0) is 16.2. The number of hydrogen-bond donors (Lipinski definition) is 2. The van der Waals surface area contributed by atoms with Crippen molar-refractivity contribution >= 4 is 30.7 Å². The first kappa shape index (κ1) is 24.0. The minimum Gasteiger partial charge on any atom is -0.354 e. The normalized spacial score (nSPS) is 27.9. The molecule has 0 aromatic rings. The lowest BCUT2D eigenvalue weighted by molar-refractivity contribution is -0.122. The molecule has 144 valence electrons. The number of piperidine rings is 1. The second-order valence-electron chi connectivity index (χ2n) is 8.34. The van der Waals surface area contributed by atoms with Gasteiger partial charge >= 0.3 is 0 Å². The molecule has 2 N–H and O–H groups in total. The Morgan fingerprint density at radius 1 is 1.21 bits per heavy atom. The third-order valence-corrected chi connectivity index (χ3v) is 5.39. The summed E-state index contributed by atoms with van der Waals surface area (Å²) >= 11 is 0. The highest BCUT2D eigenvalue weighted by atomic mass is 35.5. The number of nitrogens with one attached hydrogen (secondary N) is 2. The van der Waals surface area contributed by atoms with Crippen LogP contribution in [-0.4, -0.2) is 49.1 Å². The molecule has 2 aliphatic rings. The maximum absolute atomic E-state index is 12.1. The molecule has 0 bridgehead atoms. The van der Waals surface area contributed by atoms with Crippen LogP contribution in [0.25, 0.3) is 0 Å². The summed E-state index contributed by atoms with van der Waals surface area (Å²) in [5.74, 6) is 2.43. The Balaban J connectivity index is 0.00000264. The summed E-state index contributed by atoms with van der Waals surface area (Å²) in [6, 6.07) is 0. The van der Waals surface area contributed by atoms with Crippen molar-refractivity contribution in [2.24, 2.45) is 17.8 Å². The topological polar surface area (TPSA) is 44.4 Å². The first-order valence-electron chi connectivity index (χ1n) is 9.09. The lowest BCUT2D eigenvalue weighted by Gasteiger charge is -2.45. The van der Waals surface area contributed by atoms with Crippen molar-refractivity contribution < 1.29 is 4.79 Å². The number of amides is 1. The van der Waals surface area contributed by atoms with Gasteiger partial charge in [-0.2, -0.15) is 0 Å². The van der Waals surface area contributed by atoms with Crippen molar-refractivity contribution in [2.45, 2.75) is 58.9 Å². The SMILES string of the molecule is CC1CC(C)CN(C(C)(C)CNC(=O)CCC2CCNC2)C1.Cl.Cl. The Morgan fingerprint density at radius 2 is 1.83 bits per heavy atom. The van der Waals surface area contributed by atoms with E-state index in [1.807, 2.05) is 0 Å². The monoisotopic (exact) mass is 381 g/mol. The van der Waals surface area contributed by atoms with Gasteiger partial charge in [-0.15, -0.1) is 24.8 Å². The third kappa shape index (κ3) is 7.47. The molecule has 2 fully saturated rings. The zero-order valence-electron chi connectivity index (χ0n) is 15.8. The summed E-state index contributed by atoms with van der Waals surface area (Å²) in [6.07, 6.45) is 4.25. The van der Waals surface area contributed by atoms with Gasteiger partial charge in [-0.1, -0.05) is 13.8 Å². The highest BCUT2D eigenvalue weighted by molar-refractivity contribution is 5.85. The maximum Gasteiger partial charge on any atom is 0.220 e. The highest BCUT2D eigenvalue weighted by Crippen LogP contribution is 2.26. The summed E-state index contributed by atoms with van der Waals surface area (Å²) < 4.78 is 0. The molecule has 0 aliphatic carbocycles. The number of hydrogen-bond acceptors (Lipinski definition) is 3. The molecule has 3 unspecified atom stereocenters. The predicted octanol–water partition coefficient (Wildman–Crippen LogP) is 3.09. The second kappa shape index (κ2) is 10.8. The van der Waals surface area contributed by atoms with Gasteiger partial charge in [0, 0.05) is 31.6 Å². The van der Waals surface area contributed by atoms with Crippen LogP contribution in [0, 0.1) is 17.8 Å². The van der Waals surface area contributed by atoms with Crippen LogP contribution in [0.15, 0.2) is 0 Å². The molecule has 2 rings (SSSR count). The number of carbonyl (C=O) groups excluding carboxylic acids is 1. The Kier molecular flexibility index (Phi) is 10.8. The van der Waals surface area contributed by atoms with Crippen LogP contribution in [0.4, 0.5) is 0 Å². The lowest BCUT2D eigenvalue weighted by atomic mass is 9.88. The molecular weight excluding hydrogens is 345 g/mol. The Morgan fingerprint density at radius 3 is 2.38 bits per heavy atom. The van der Waals surface area contributed by atoms with E-state index in [4.69, 9.17) is 0 Å². The van der Waals surface area contributed by atoms with Gasteiger partial charge in [0.1, 0.15) is 0 Å². The fourth-order valence-corrected chi connectivity index (χ4v) is 3.97. The van der Waals surface area contributed by atoms with Crippen LogP contribution in [0.2, 0.25) is 0 Å². The van der Waals surface area contributed by atoms with E-state index in [0.29, 0.717) is 12.3 Å². The second-order valence-corrected chi connectivity index (χ2v) is 8.34. The summed E-state index contributed by atoms with van der Waals surface area (Å²) in [4.78, 5) is 14.7. The molecule has 0 aromatic heterocycles. The molecular formula is C18H37Cl2N3O. The molecule has 3 atom stereocenters. The van der Waals surface area contributed by atoms with Gasteiger partial charge in [-0.3, -0.25) is 9.69 Å². The van der Waals surface area contributed by atoms with E-state index >= 15 is 0 Å². The van der Waals surface area contributed by atoms with Crippen LogP contribution in [0.1, 0.15) is 53.4 Å². The fraction of sp³-hybridized carbons (Fsp3) is 0.944. The molecule has 0 saturated carbocycles. The van der Waals surface area contributed by atoms with Gasteiger partial charge in [-0.05, 0) is 64.0 Å². The van der Waals surface area contributed by atoms with Gasteiger partial charge in [0.15, 0.2) is 0 Å². The number of carbonyl (C=O) groups is 1. The number of nitrogens with zero attached hydrogens (tertiary/aromatic N) is 1. The molecule has 6 heteroatoms. The average Bonchev–Trinajstić information content (AvgIpc) is 2.95. The molecule has 2 saturated heterocycles. The number of likely N-dealkylation sites (tertiary alicyclic amines) is 1. The Labute approximate surface area is 160 Å². The first-order valence-corrected chi connectivity index (χ1v) is 9.09. The summed E-state index contributed by atoms with van der Waals surface area (Å²) in [5.41, 5.74) is 0.0491. The lowest BCUT2D eigenvalue weighted by Crippen LogP contribution is -2.56. The summed E-state index contributed by atoms with van der Waals surface area (Å²) in [5, 5.41) is 6.54. The van der Waals surface area contributed by atoms with Crippen molar-refractivity contribution in [3.8, 4) is 0 Å². The first-order chi connectivity index (χ1) is 10.4. The molecule has 2 heterocycles. The van der Waals surface area contributed by atoms with Crippen LogP contribution in [0.3, 0.4) is 0 Å². The van der Waals surface area contributed by atoms with E-state index in [0.717, 1.165) is 51.0 Å². The molecule has 4 nitrogen and oxygen atoms in total. The maximum atomic E-state index is 12.1. The smallest absolute Gasteiger partial charge is 0.220 e. The Hall–Kier alpha value is -0.0300. The van der Waals surface area contributed by atoms with Crippen LogP contribution >= 0.6 is 24.8 Å². The van der Waals surface area contributed by atoms with Gasteiger partial charge in [-0.25, -0.2) is 0 Å². The summed E-state index contributed by atoms with van der Waals surface area (Å²) in [7, 11) is 0. The zero-order valence-corrected chi connectivity index (χ0v) is 17.4. The van der Waals surface area contributed by atoms with Crippen molar-refractivity contribution in [3.63, 3.8) is 0 Å². The van der Waals surface area contributed by atoms with Crippen LogP contribution in [-0.2, 0) is 4.79 Å². The minimum atomic E-state index is 0. The molecule has 0 spiro atoms. The fourth-order valence-electron chi connectivity index (χ4n) is 3.97. The van der Waals surface area contributed by atoms with Crippen LogP contribution < -0.4 is 10.6 Å². The average molecular weight is 382 g/mol. The van der Waals surface area contributed by atoms with Crippen molar-refractivity contribution in [1.29, 1.82) is 0 Å². The minimum absolute atomic E-state index is 0. The number of rotatable bonds is 6. The quantitative estimate of drug-likeness (QED) is 0.742. The molecule has 0 radical (unpaired) electrons.